The van der Waals surface area contributed by atoms with E-state index in [1.807, 2.05) is 38.1 Å². The number of carboxylic acid groups (broad SMARTS) is 1. The van der Waals surface area contributed by atoms with Gasteiger partial charge in [-0.3, -0.25) is 4.79 Å². The van der Waals surface area contributed by atoms with Gasteiger partial charge in [-0.15, -0.1) is 0 Å². The number of benzene rings is 1. The van der Waals surface area contributed by atoms with Crippen molar-refractivity contribution in [1.82, 2.24) is 0 Å². The number of hydrogen-bond acceptors (Lipinski definition) is 3. The van der Waals surface area contributed by atoms with Crippen LogP contribution in [0.3, 0.4) is 0 Å². The van der Waals surface area contributed by atoms with Crippen molar-refractivity contribution in [2.75, 3.05) is 7.11 Å². The van der Waals surface area contributed by atoms with Gasteiger partial charge in [-0.2, -0.15) is 5.26 Å². The van der Waals surface area contributed by atoms with Crippen LogP contribution in [0, 0.1) is 28.6 Å². The van der Waals surface area contributed by atoms with Gasteiger partial charge in [-0.25, -0.2) is 0 Å². The number of rotatable bonds is 4. The number of nitriles is 1. The second kappa shape index (κ2) is 5.01. The molecule has 2 rings (SSSR count). The van der Waals surface area contributed by atoms with Gasteiger partial charge in [-0.1, -0.05) is 26.0 Å². The molecule has 0 aromatic heterocycles. The maximum atomic E-state index is 11.2. The number of methoxy groups -OCH3 is 1. The van der Waals surface area contributed by atoms with Crippen LogP contribution in [0.2, 0.25) is 0 Å². The second-order valence-electron chi connectivity index (χ2n) is 5.60. The lowest BCUT2D eigenvalue weighted by molar-refractivity contribution is -0.139. The van der Waals surface area contributed by atoms with Crippen molar-refractivity contribution < 1.29 is 14.6 Å². The van der Waals surface area contributed by atoms with E-state index in [2.05, 4.69) is 6.07 Å². The van der Waals surface area contributed by atoms with E-state index in [9.17, 15) is 15.2 Å². The zero-order valence-electron chi connectivity index (χ0n) is 11.8. The van der Waals surface area contributed by atoms with Gasteiger partial charge in [0.15, 0.2) is 0 Å². The lowest BCUT2D eigenvalue weighted by Crippen LogP contribution is -2.03. The molecule has 0 unspecified atom stereocenters. The quantitative estimate of drug-likeness (QED) is 0.855. The summed E-state index contributed by atoms with van der Waals surface area (Å²) in [5.41, 5.74) is 1.03. The Morgan fingerprint density at radius 2 is 1.95 bits per heavy atom. The van der Waals surface area contributed by atoms with Crippen molar-refractivity contribution >= 4 is 12.0 Å². The first-order valence-electron chi connectivity index (χ1n) is 6.40. The van der Waals surface area contributed by atoms with E-state index in [0.29, 0.717) is 5.57 Å². The van der Waals surface area contributed by atoms with Crippen molar-refractivity contribution in [3.05, 3.63) is 35.4 Å². The lowest BCUT2D eigenvalue weighted by atomic mass is 10.0. The van der Waals surface area contributed by atoms with E-state index in [1.54, 1.807) is 13.2 Å². The number of carbonyl (C=O) groups is 1. The molecule has 4 nitrogen and oxygen atoms in total. The van der Waals surface area contributed by atoms with Gasteiger partial charge in [-0.05, 0) is 29.2 Å². The van der Waals surface area contributed by atoms with Crippen LogP contribution < -0.4 is 4.74 Å². The predicted octanol–water partition coefficient (Wildman–Crippen LogP) is 2.96. The second-order valence-corrected chi connectivity index (χ2v) is 5.60. The number of aliphatic carboxylic acids is 1. The van der Waals surface area contributed by atoms with Crippen molar-refractivity contribution in [3.8, 4) is 11.8 Å². The van der Waals surface area contributed by atoms with E-state index < -0.39 is 11.9 Å². The normalized spacial score (nSPS) is 23.8. The number of allylic oxidation sites excluding steroid dienone is 1. The summed E-state index contributed by atoms with van der Waals surface area (Å²) in [7, 11) is 1.59. The summed E-state index contributed by atoms with van der Waals surface area (Å²) in [6.45, 7) is 3.77. The molecule has 0 bridgehead atoms. The van der Waals surface area contributed by atoms with Crippen LogP contribution in [0.5, 0.6) is 5.75 Å². The van der Waals surface area contributed by atoms with Gasteiger partial charge in [0.2, 0.25) is 0 Å². The molecule has 0 heterocycles. The summed E-state index contributed by atoms with van der Waals surface area (Å²) in [6.07, 6.45) is 1.76. The maximum absolute atomic E-state index is 11.2. The van der Waals surface area contributed by atoms with Crippen LogP contribution in [-0.4, -0.2) is 18.2 Å². The van der Waals surface area contributed by atoms with Crippen LogP contribution in [0.25, 0.3) is 6.08 Å². The zero-order chi connectivity index (χ0) is 14.9. The average molecular weight is 271 g/mol. The van der Waals surface area contributed by atoms with Gasteiger partial charge in [0.05, 0.1) is 19.1 Å². The van der Waals surface area contributed by atoms with Crippen LogP contribution in [0.4, 0.5) is 0 Å². The first-order valence-corrected chi connectivity index (χ1v) is 6.40. The van der Waals surface area contributed by atoms with E-state index in [4.69, 9.17) is 4.74 Å². The molecule has 0 saturated heterocycles. The van der Waals surface area contributed by atoms with Gasteiger partial charge in [0, 0.05) is 11.5 Å². The molecule has 1 saturated carbocycles. The predicted molar refractivity (Wildman–Crippen MR) is 75.0 cm³/mol. The molecule has 1 aliphatic carbocycles. The molecule has 1 N–H and O–H groups in total. The molecule has 1 fully saturated rings. The monoisotopic (exact) mass is 271 g/mol. The van der Waals surface area contributed by atoms with Crippen LogP contribution >= 0.6 is 0 Å². The van der Waals surface area contributed by atoms with Crippen LogP contribution in [0.1, 0.15) is 19.4 Å². The van der Waals surface area contributed by atoms with Crippen LogP contribution in [-0.2, 0) is 4.79 Å². The first-order chi connectivity index (χ1) is 9.41. The minimum absolute atomic E-state index is 0.216. The number of ether oxygens (including phenoxy) is 1. The Balaban J connectivity index is 2.27. The molecule has 0 amide bonds. The first kappa shape index (κ1) is 14.1. The Labute approximate surface area is 118 Å². The summed E-state index contributed by atoms with van der Waals surface area (Å²) in [6, 6.07) is 9.47. The number of carboxylic acids is 1. The third-order valence-corrected chi connectivity index (χ3v) is 4.00. The van der Waals surface area contributed by atoms with Crippen molar-refractivity contribution in [2.45, 2.75) is 13.8 Å². The fourth-order valence-electron chi connectivity index (χ4n) is 2.75. The molecule has 1 aromatic carbocycles. The molecule has 2 atom stereocenters. The highest BCUT2D eigenvalue weighted by Gasteiger charge is 2.63. The fraction of sp³-hybridized carbons (Fsp3) is 0.375. The Morgan fingerprint density at radius 1 is 1.35 bits per heavy atom. The highest BCUT2D eigenvalue weighted by molar-refractivity contribution is 5.78. The highest BCUT2D eigenvalue weighted by atomic mass is 16.5. The summed E-state index contributed by atoms with van der Waals surface area (Å²) < 4.78 is 5.08. The molecule has 0 radical (unpaired) electrons. The SMILES string of the molecule is COc1ccc(/C=C(\C#N)[C@@H]2[C@@H](C(=O)O)C2(C)C)cc1. The van der Waals surface area contributed by atoms with Gasteiger partial charge in [0.25, 0.3) is 0 Å². The number of nitrogens with zero attached hydrogens (tertiary/aromatic N) is 1. The smallest absolute Gasteiger partial charge is 0.307 e. The van der Waals surface area contributed by atoms with E-state index in [-0.39, 0.29) is 11.3 Å². The largest absolute Gasteiger partial charge is 0.497 e. The third kappa shape index (κ3) is 2.39. The highest BCUT2D eigenvalue weighted by Crippen LogP contribution is 2.61. The van der Waals surface area contributed by atoms with Crippen molar-refractivity contribution in [3.63, 3.8) is 0 Å². The summed E-state index contributed by atoms with van der Waals surface area (Å²) in [5.74, 6) is -0.787. The Bertz CT molecular complexity index is 593. The summed E-state index contributed by atoms with van der Waals surface area (Å²) >= 11 is 0. The third-order valence-electron chi connectivity index (χ3n) is 4.00. The van der Waals surface area contributed by atoms with E-state index in [0.717, 1.165) is 11.3 Å². The van der Waals surface area contributed by atoms with Crippen LogP contribution in [0.15, 0.2) is 29.8 Å². The number of hydrogen-bond donors (Lipinski definition) is 1. The summed E-state index contributed by atoms with van der Waals surface area (Å²) in [5, 5.41) is 18.5. The maximum Gasteiger partial charge on any atom is 0.307 e. The molecular formula is C16H17NO3. The molecular weight excluding hydrogens is 254 g/mol. The molecule has 4 heteroatoms. The molecule has 0 spiro atoms. The van der Waals surface area contributed by atoms with Crippen molar-refractivity contribution in [1.29, 1.82) is 5.26 Å². The topological polar surface area (TPSA) is 70.3 Å². The average Bonchev–Trinajstić information content (AvgIpc) is 2.99. The zero-order valence-corrected chi connectivity index (χ0v) is 11.8. The molecule has 20 heavy (non-hydrogen) atoms. The molecule has 104 valence electrons. The van der Waals surface area contributed by atoms with Gasteiger partial charge < -0.3 is 9.84 Å². The molecule has 1 aromatic rings. The van der Waals surface area contributed by atoms with E-state index in [1.165, 1.54) is 0 Å². The molecule has 1 aliphatic rings. The standard InChI is InChI=1S/C16H17NO3/c1-16(2)13(14(16)15(18)19)11(9-17)8-10-4-6-12(20-3)7-5-10/h4-8,13-14H,1-3H3,(H,18,19)/b11-8+/t13-,14+/m1/s1. The summed E-state index contributed by atoms with van der Waals surface area (Å²) in [4.78, 5) is 11.2. The Morgan fingerprint density at radius 3 is 2.35 bits per heavy atom. The van der Waals surface area contributed by atoms with Crippen molar-refractivity contribution in [2.24, 2.45) is 17.3 Å². The van der Waals surface area contributed by atoms with Gasteiger partial charge in [0.1, 0.15) is 5.75 Å². The fourth-order valence-corrected chi connectivity index (χ4v) is 2.75. The lowest BCUT2D eigenvalue weighted by Gasteiger charge is -2.02. The Hall–Kier alpha value is -2.28. The Kier molecular flexibility index (Phi) is 3.54. The minimum Gasteiger partial charge on any atom is -0.497 e. The van der Waals surface area contributed by atoms with E-state index >= 15 is 0 Å². The molecule has 0 aliphatic heterocycles. The van der Waals surface area contributed by atoms with Gasteiger partial charge >= 0.3 is 5.97 Å². The minimum atomic E-state index is -0.837.